The summed E-state index contributed by atoms with van der Waals surface area (Å²) in [5.74, 6) is -0.0382. The highest BCUT2D eigenvalue weighted by atomic mass is 16.5. The van der Waals surface area contributed by atoms with Gasteiger partial charge in [0.2, 0.25) is 0 Å². The van der Waals surface area contributed by atoms with Gasteiger partial charge in [0.15, 0.2) is 0 Å². The maximum atomic E-state index is 11.2. The van der Waals surface area contributed by atoms with E-state index in [-0.39, 0.29) is 5.97 Å². The second-order valence-electron chi connectivity index (χ2n) is 5.56. The Hall–Kier alpha value is -0.570. The molecule has 112 valence electrons. The Labute approximate surface area is 118 Å². The van der Waals surface area contributed by atoms with E-state index in [2.05, 4.69) is 11.8 Å². The van der Waals surface area contributed by atoms with E-state index in [1.807, 2.05) is 6.92 Å². The molecule has 1 atom stereocenters. The number of hydrogen-bond donors (Lipinski definition) is 0. The van der Waals surface area contributed by atoms with Gasteiger partial charge in [0.05, 0.1) is 6.61 Å². The number of rotatable bonds is 8. The predicted molar refractivity (Wildman–Crippen MR) is 79.2 cm³/mol. The predicted octanol–water partition coefficient (Wildman–Crippen LogP) is 3.76. The lowest BCUT2D eigenvalue weighted by Gasteiger charge is -2.29. The van der Waals surface area contributed by atoms with Crippen LogP contribution in [0.15, 0.2) is 0 Å². The van der Waals surface area contributed by atoms with Crippen molar-refractivity contribution in [2.75, 3.05) is 19.7 Å². The van der Waals surface area contributed by atoms with E-state index in [0.717, 1.165) is 18.9 Å². The SMILES string of the molecule is CCOC(=O)CCCCCN1CCCCCC1CC. The van der Waals surface area contributed by atoms with Gasteiger partial charge in [-0.15, -0.1) is 0 Å². The lowest BCUT2D eigenvalue weighted by atomic mass is 10.1. The van der Waals surface area contributed by atoms with Crippen LogP contribution in [-0.2, 0) is 9.53 Å². The quantitative estimate of drug-likeness (QED) is 0.496. The van der Waals surface area contributed by atoms with Crippen LogP contribution in [0.25, 0.3) is 0 Å². The highest BCUT2D eigenvalue weighted by Crippen LogP contribution is 2.19. The summed E-state index contributed by atoms with van der Waals surface area (Å²) in [6.07, 6.45) is 10.7. The number of likely N-dealkylation sites (tertiary alicyclic amines) is 1. The highest BCUT2D eigenvalue weighted by Gasteiger charge is 2.18. The molecule has 0 aromatic heterocycles. The van der Waals surface area contributed by atoms with Crippen molar-refractivity contribution in [3.63, 3.8) is 0 Å². The Bertz CT molecular complexity index is 243. The van der Waals surface area contributed by atoms with Gasteiger partial charge >= 0.3 is 5.97 Å². The van der Waals surface area contributed by atoms with Gasteiger partial charge in [0, 0.05) is 12.5 Å². The van der Waals surface area contributed by atoms with Crippen molar-refractivity contribution >= 4 is 5.97 Å². The second kappa shape index (κ2) is 10.2. The third kappa shape index (κ3) is 6.95. The molecule has 1 aliphatic rings. The van der Waals surface area contributed by atoms with E-state index in [4.69, 9.17) is 4.74 Å². The number of esters is 1. The first-order chi connectivity index (χ1) is 9.27. The van der Waals surface area contributed by atoms with Crippen LogP contribution in [-0.4, -0.2) is 36.6 Å². The first-order valence-electron chi connectivity index (χ1n) is 8.17. The zero-order valence-corrected chi connectivity index (χ0v) is 12.8. The normalized spacial score (nSPS) is 21.1. The number of carbonyl (C=O) groups excluding carboxylic acids is 1. The summed E-state index contributed by atoms with van der Waals surface area (Å²) in [5, 5.41) is 0. The third-order valence-corrected chi connectivity index (χ3v) is 4.10. The van der Waals surface area contributed by atoms with E-state index in [1.54, 1.807) is 0 Å². The molecular formula is C16H31NO2. The molecule has 1 saturated heterocycles. The average molecular weight is 269 g/mol. The van der Waals surface area contributed by atoms with Gasteiger partial charge in [-0.1, -0.05) is 26.2 Å². The molecule has 0 aromatic rings. The highest BCUT2D eigenvalue weighted by molar-refractivity contribution is 5.69. The van der Waals surface area contributed by atoms with Crippen molar-refractivity contribution in [1.82, 2.24) is 4.90 Å². The van der Waals surface area contributed by atoms with Gasteiger partial charge < -0.3 is 9.64 Å². The van der Waals surface area contributed by atoms with Crippen molar-refractivity contribution in [3.05, 3.63) is 0 Å². The second-order valence-corrected chi connectivity index (χ2v) is 5.56. The van der Waals surface area contributed by atoms with Crippen molar-refractivity contribution in [2.24, 2.45) is 0 Å². The molecule has 3 nitrogen and oxygen atoms in total. The van der Waals surface area contributed by atoms with Gasteiger partial charge in [-0.3, -0.25) is 4.79 Å². The average Bonchev–Trinajstić information content (AvgIpc) is 2.63. The monoisotopic (exact) mass is 269 g/mol. The summed E-state index contributed by atoms with van der Waals surface area (Å²) in [5.41, 5.74) is 0. The van der Waals surface area contributed by atoms with Crippen molar-refractivity contribution < 1.29 is 9.53 Å². The molecule has 0 spiro atoms. The minimum atomic E-state index is -0.0382. The van der Waals surface area contributed by atoms with E-state index >= 15 is 0 Å². The molecule has 0 aliphatic carbocycles. The lowest BCUT2D eigenvalue weighted by molar-refractivity contribution is -0.143. The topological polar surface area (TPSA) is 29.5 Å². The van der Waals surface area contributed by atoms with Crippen molar-refractivity contribution in [3.8, 4) is 0 Å². The molecule has 3 heteroatoms. The number of ether oxygens (including phenoxy) is 1. The van der Waals surface area contributed by atoms with E-state index in [1.165, 1.54) is 51.6 Å². The molecule has 1 unspecified atom stereocenters. The smallest absolute Gasteiger partial charge is 0.305 e. The first-order valence-corrected chi connectivity index (χ1v) is 8.17. The molecule has 0 saturated carbocycles. The van der Waals surface area contributed by atoms with E-state index in [0.29, 0.717) is 13.0 Å². The zero-order chi connectivity index (χ0) is 13.9. The molecule has 1 fully saturated rings. The summed E-state index contributed by atoms with van der Waals surface area (Å²) >= 11 is 0. The molecular weight excluding hydrogens is 238 g/mol. The summed E-state index contributed by atoms with van der Waals surface area (Å²) < 4.78 is 4.94. The van der Waals surface area contributed by atoms with Crippen LogP contribution in [0.3, 0.4) is 0 Å². The van der Waals surface area contributed by atoms with Gasteiger partial charge in [0.1, 0.15) is 0 Å². The Kier molecular flexibility index (Phi) is 8.89. The first kappa shape index (κ1) is 16.5. The Morgan fingerprint density at radius 2 is 2.00 bits per heavy atom. The van der Waals surface area contributed by atoms with Crippen LogP contribution < -0.4 is 0 Å². The fourth-order valence-electron chi connectivity index (χ4n) is 2.99. The minimum absolute atomic E-state index is 0.0382. The fraction of sp³-hybridized carbons (Fsp3) is 0.938. The fourth-order valence-corrected chi connectivity index (χ4v) is 2.99. The lowest BCUT2D eigenvalue weighted by Crippen LogP contribution is -2.35. The molecule has 0 radical (unpaired) electrons. The Morgan fingerprint density at radius 3 is 2.74 bits per heavy atom. The van der Waals surface area contributed by atoms with Gasteiger partial charge in [0.25, 0.3) is 0 Å². The third-order valence-electron chi connectivity index (χ3n) is 4.10. The summed E-state index contributed by atoms with van der Waals surface area (Å²) in [6, 6.07) is 0.799. The minimum Gasteiger partial charge on any atom is -0.466 e. The molecule has 0 amide bonds. The largest absolute Gasteiger partial charge is 0.466 e. The zero-order valence-electron chi connectivity index (χ0n) is 12.8. The number of hydrogen-bond acceptors (Lipinski definition) is 3. The van der Waals surface area contributed by atoms with E-state index in [9.17, 15) is 4.79 Å². The van der Waals surface area contributed by atoms with Crippen molar-refractivity contribution in [2.45, 2.75) is 77.7 Å². The number of nitrogens with zero attached hydrogens (tertiary/aromatic N) is 1. The molecule has 0 bridgehead atoms. The summed E-state index contributed by atoms with van der Waals surface area (Å²) in [7, 11) is 0. The van der Waals surface area contributed by atoms with Crippen LogP contribution in [0.1, 0.15) is 71.6 Å². The standard InChI is InChI=1S/C16H31NO2/c1-3-15-11-7-5-9-13-17(15)14-10-6-8-12-16(18)19-4-2/h15H,3-14H2,1-2H3. The van der Waals surface area contributed by atoms with Crippen LogP contribution >= 0.6 is 0 Å². The molecule has 0 N–H and O–H groups in total. The van der Waals surface area contributed by atoms with Crippen LogP contribution in [0.2, 0.25) is 0 Å². The van der Waals surface area contributed by atoms with E-state index < -0.39 is 0 Å². The molecule has 1 heterocycles. The Morgan fingerprint density at radius 1 is 1.16 bits per heavy atom. The molecule has 0 aromatic carbocycles. The summed E-state index contributed by atoms with van der Waals surface area (Å²) in [6.45, 7) is 7.16. The molecule has 19 heavy (non-hydrogen) atoms. The summed E-state index contributed by atoms with van der Waals surface area (Å²) in [4.78, 5) is 13.9. The maximum Gasteiger partial charge on any atom is 0.305 e. The number of unbranched alkanes of at least 4 members (excludes halogenated alkanes) is 2. The van der Waals surface area contributed by atoms with Crippen LogP contribution in [0, 0.1) is 0 Å². The van der Waals surface area contributed by atoms with Crippen molar-refractivity contribution in [1.29, 1.82) is 0 Å². The van der Waals surface area contributed by atoms with Gasteiger partial charge in [-0.05, 0) is 52.1 Å². The van der Waals surface area contributed by atoms with Crippen LogP contribution in [0.5, 0.6) is 0 Å². The maximum absolute atomic E-state index is 11.2. The number of carbonyl (C=O) groups is 1. The Balaban J connectivity index is 2.11. The molecule has 1 rings (SSSR count). The van der Waals surface area contributed by atoms with Crippen LogP contribution in [0.4, 0.5) is 0 Å². The molecule has 1 aliphatic heterocycles. The van der Waals surface area contributed by atoms with Gasteiger partial charge in [-0.2, -0.15) is 0 Å². The van der Waals surface area contributed by atoms with Gasteiger partial charge in [-0.25, -0.2) is 0 Å².